The molecule has 1 aromatic carbocycles. The first-order valence-electron chi connectivity index (χ1n) is 7.95. The molecule has 2 amide bonds. The van der Waals surface area contributed by atoms with Gasteiger partial charge in [0.15, 0.2) is 6.61 Å². The summed E-state index contributed by atoms with van der Waals surface area (Å²) in [5, 5.41) is 5.82. The van der Waals surface area contributed by atoms with Crippen molar-refractivity contribution in [2.75, 3.05) is 18.6 Å². The molecule has 0 radical (unpaired) electrons. The normalized spacial score (nSPS) is 11.8. The zero-order chi connectivity index (χ0) is 19.7. The van der Waals surface area contributed by atoms with Crippen LogP contribution in [0.5, 0.6) is 0 Å². The summed E-state index contributed by atoms with van der Waals surface area (Å²) in [6, 6.07) is 3.53. The van der Waals surface area contributed by atoms with Crippen LogP contribution in [0, 0.1) is 0 Å². The van der Waals surface area contributed by atoms with Gasteiger partial charge in [-0.25, -0.2) is 4.79 Å². The molecule has 0 aliphatic rings. The number of rotatable bonds is 9. The highest BCUT2D eigenvalue weighted by atomic mass is 35.5. The number of esters is 1. The SMILES string of the molecule is CSCC[C@H](NC(=O)c1ccc(Cl)cc1Cl)C(=O)OCC(=O)NC(C)C. The molecule has 1 aromatic rings. The second-order valence-electron chi connectivity index (χ2n) is 5.76. The zero-order valence-corrected chi connectivity index (χ0v) is 17.1. The summed E-state index contributed by atoms with van der Waals surface area (Å²) in [4.78, 5) is 36.3. The van der Waals surface area contributed by atoms with E-state index in [-0.39, 0.29) is 16.6 Å². The molecule has 0 heterocycles. The quantitative estimate of drug-likeness (QED) is 0.599. The van der Waals surface area contributed by atoms with E-state index < -0.39 is 30.4 Å². The van der Waals surface area contributed by atoms with E-state index in [0.717, 1.165) is 0 Å². The lowest BCUT2D eigenvalue weighted by Gasteiger charge is -2.18. The number of carbonyl (C=O) groups is 3. The number of thioether (sulfide) groups is 1. The summed E-state index contributed by atoms with van der Waals surface area (Å²) < 4.78 is 5.02. The Labute approximate surface area is 167 Å². The van der Waals surface area contributed by atoms with E-state index in [4.69, 9.17) is 27.9 Å². The summed E-state index contributed by atoms with van der Waals surface area (Å²) in [7, 11) is 0. The second-order valence-corrected chi connectivity index (χ2v) is 7.59. The molecule has 0 bridgehead atoms. The van der Waals surface area contributed by atoms with Crippen molar-refractivity contribution in [2.24, 2.45) is 0 Å². The van der Waals surface area contributed by atoms with Gasteiger partial charge in [0.2, 0.25) is 0 Å². The summed E-state index contributed by atoms with van der Waals surface area (Å²) >= 11 is 13.4. The minimum absolute atomic E-state index is 0.0553. The van der Waals surface area contributed by atoms with Gasteiger partial charge >= 0.3 is 5.97 Å². The molecule has 144 valence electrons. The topological polar surface area (TPSA) is 84.5 Å². The molecule has 0 aliphatic carbocycles. The third kappa shape index (κ3) is 7.85. The van der Waals surface area contributed by atoms with Crippen LogP contribution >= 0.6 is 35.0 Å². The first-order valence-corrected chi connectivity index (χ1v) is 10.1. The Balaban J connectivity index is 2.74. The van der Waals surface area contributed by atoms with Gasteiger partial charge in [-0.05, 0) is 50.5 Å². The van der Waals surface area contributed by atoms with E-state index >= 15 is 0 Å². The minimum atomic E-state index is -0.881. The number of hydrogen-bond acceptors (Lipinski definition) is 5. The number of benzene rings is 1. The maximum atomic E-state index is 12.4. The van der Waals surface area contributed by atoms with E-state index in [1.807, 2.05) is 6.26 Å². The van der Waals surface area contributed by atoms with Crippen molar-refractivity contribution in [2.45, 2.75) is 32.4 Å². The van der Waals surface area contributed by atoms with Gasteiger partial charge in [0.1, 0.15) is 6.04 Å². The fourth-order valence-corrected chi connectivity index (χ4v) is 2.96. The highest BCUT2D eigenvalue weighted by molar-refractivity contribution is 7.98. The Morgan fingerprint density at radius 3 is 2.46 bits per heavy atom. The van der Waals surface area contributed by atoms with Gasteiger partial charge in [-0.1, -0.05) is 23.2 Å². The predicted molar refractivity (Wildman–Crippen MR) is 105 cm³/mol. The zero-order valence-electron chi connectivity index (χ0n) is 14.8. The van der Waals surface area contributed by atoms with Crippen molar-refractivity contribution in [1.29, 1.82) is 0 Å². The van der Waals surface area contributed by atoms with Crippen LogP contribution in [-0.2, 0) is 14.3 Å². The fourth-order valence-electron chi connectivity index (χ4n) is 2.00. The molecule has 6 nitrogen and oxygen atoms in total. The summed E-state index contributed by atoms with van der Waals surface area (Å²) in [5.41, 5.74) is 0.204. The van der Waals surface area contributed by atoms with Crippen molar-refractivity contribution in [3.05, 3.63) is 33.8 Å². The molecular weight excluding hydrogens is 399 g/mol. The molecule has 0 spiro atoms. The van der Waals surface area contributed by atoms with E-state index in [0.29, 0.717) is 17.2 Å². The van der Waals surface area contributed by atoms with Gasteiger partial charge in [0.25, 0.3) is 11.8 Å². The van der Waals surface area contributed by atoms with Crippen molar-refractivity contribution in [3.63, 3.8) is 0 Å². The molecule has 1 atom stereocenters. The van der Waals surface area contributed by atoms with Crippen LogP contribution < -0.4 is 10.6 Å². The predicted octanol–water partition coefficient (Wildman–Crippen LogP) is 2.91. The number of amides is 2. The average Bonchev–Trinajstić information content (AvgIpc) is 2.55. The molecule has 0 aliphatic heterocycles. The van der Waals surface area contributed by atoms with Crippen LogP contribution in [-0.4, -0.2) is 48.5 Å². The van der Waals surface area contributed by atoms with Gasteiger partial charge in [-0.2, -0.15) is 11.8 Å². The Bertz CT molecular complexity index is 656. The van der Waals surface area contributed by atoms with Crippen LogP contribution in [0.4, 0.5) is 0 Å². The molecule has 2 N–H and O–H groups in total. The van der Waals surface area contributed by atoms with E-state index in [2.05, 4.69) is 10.6 Å². The molecule has 9 heteroatoms. The summed E-state index contributed by atoms with van der Waals surface area (Å²) in [5.74, 6) is -0.950. The highest BCUT2D eigenvalue weighted by Gasteiger charge is 2.24. The smallest absolute Gasteiger partial charge is 0.329 e. The monoisotopic (exact) mass is 420 g/mol. The third-order valence-electron chi connectivity index (χ3n) is 3.17. The molecule has 0 fully saturated rings. The number of carbonyl (C=O) groups excluding carboxylic acids is 3. The first kappa shape index (κ1) is 22.6. The number of hydrogen-bond donors (Lipinski definition) is 2. The molecule has 0 saturated carbocycles. The molecule has 0 saturated heterocycles. The lowest BCUT2D eigenvalue weighted by molar-refractivity contribution is -0.150. The summed E-state index contributed by atoms with van der Waals surface area (Å²) in [6.45, 7) is 3.21. The Morgan fingerprint density at radius 2 is 1.88 bits per heavy atom. The van der Waals surface area contributed by atoms with Gasteiger partial charge in [-0.15, -0.1) is 0 Å². The maximum absolute atomic E-state index is 12.4. The van der Waals surface area contributed by atoms with Gasteiger partial charge < -0.3 is 15.4 Å². The largest absolute Gasteiger partial charge is 0.454 e. The molecule has 0 unspecified atom stereocenters. The molecule has 0 aromatic heterocycles. The molecular formula is C17H22Cl2N2O4S. The first-order chi connectivity index (χ1) is 12.2. The van der Waals surface area contributed by atoms with E-state index in [1.54, 1.807) is 13.8 Å². The standard InChI is InChI=1S/C17H22Cl2N2O4S/c1-10(2)20-15(22)9-25-17(24)14(6-7-26-3)21-16(23)12-5-4-11(18)8-13(12)19/h4-5,8,10,14H,6-7,9H2,1-3H3,(H,20,22)(H,21,23)/t14-/m0/s1. The van der Waals surface area contributed by atoms with Crippen LogP contribution in [0.2, 0.25) is 10.0 Å². The lowest BCUT2D eigenvalue weighted by atomic mass is 10.1. The van der Waals surface area contributed by atoms with Crippen LogP contribution in [0.25, 0.3) is 0 Å². The highest BCUT2D eigenvalue weighted by Crippen LogP contribution is 2.21. The maximum Gasteiger partial charge on any atom is 0.329 e. The van der Waals surface area contributed by atoms with Crippen LogP contribution in [0.3, 0.4) is 0 Å². The number of ether oxygens (including phenoxy) is 1. The minimum Gasteiger partial charge on any atom is -0.454 e. The van der Waals surface area contributed by atoms with Crippen molar-refractivity contribution >= 4 is 52.7 Å². The van der Waals surface area contributed by atoms with Crippen molar-refractivity contribution in [3.8, 4) is 0 Å². The number of halogens is 2. The van der Waals surface area contributed by atoms with Crippen molar-refractivity contribution < 1.29 is 19.1 Å². The molecule has 1 rings (SSSR count). The van der Waals surface area contributed by atoms with Gasteiger partial charge in [-0.3, -0.25) is 9.59 Å². The van der Waals surface area contributed by atoms with Gasteiger partial charge in [0.05, 0.1) is 10.6 Å². The Morgan fingerprint density at radius 1 is 1.19 bits per heavy atom. The second kappa shape index (κ2) is 11.3. The fraction of sp³-hybridized carbons (Fsp3) is 0.471. The molecule has 26 heavy (non-hydrogen) atoms. The van der Waals surface area contributed by atoms with Crippen LogP contribution in [0.15, 0.2) is 18.2 Å². The number of nitrogens with one attached hydrogen (secondary N) is 2. The third-order valence-corrected chi connectivity index (χ3v) is 4.36. The Hall–Kier alpha value is -1.44. The van der Waals surface area contributed by atoms with E-state index in [1.165, 1.54) is 30.0 Å². The summed E-state index contributed by atoms with van der Waals surface area (Å²) in [6.07, 6.45) is 2.25. The average molecular weight is 421 g/mol. The van der Waals surface area contributed by atoms with Crippen LogP contribution in [0.1, 0.15) is 30.6 Å². The Kier molecular flexibility index (Phi) is 9.83. The van der Waals surface area contributed by atoms with Gasteiger partial charge in [0, 0.05) is 11.1 Å². The lowest BCUT2D eigenvalue weighted by Crippen LogP contribution is -2.43. The van der Waals surface area contributed by atoms with E-state index in [9.17, 15) is 14.4 Å². The van der Waals surface area contributed by atoms with Crippen molar-refractivity contribution in [1.82, 2.24) is 10.6 Å².